The van der Waals surface area contributed by atoms with Gasteiger partial charge >= 0.3 is 5.97 Å². The molecule has 2 aliphatic rings. The second kappa shape index (κ2) is 4.88. The van der Waals surface area contributed by atoms with Crippen molar-refractivity contribution in [2.75, 3.05) is 11.4 Å². The lowest BCUT2D eigenvalue weighted by Gasteiger charge is -2.38. The number of rotatable bonds is 3. The summed E-state index contributed by atoms with van der Waals surface area (Å²) in [5.74, 6) is -0.894. The number of aliphatic carboxylic acids is 1. The lowest BCUT2D eigenvalue weighted by Crippen LogP contribution is -2.43. The molecule has 1 saturated carbocycles. The third kappa shape index (κ3) is 2.14. The molecule has 4 nitrogen and oxygen atoms in total. The van der Waals surface area contributed by atoms with Crippen LogP contribution in [0.25, 0.3) is 0 Å². The molecule has 0 saturated heterocycles. The number of benzene rings is 1. The van der Waals surface area contributed by atoms with Gasteiger partial charge < -0.3 is 10.0 Å². The third-order valence-corrected chi connectivity index (χ3v) is 4.99. The highest BCUT2D eigenvalue weighted by atomic mass is 79.9. The highest BCUT2D eigenvalue weighted by Crippen LogP contribution is 2.45. The van der Waals surface area contributed by atoms with Crippen LogP contribution in [0.15, 0.2) is 22.7 Å². The maximum Gasteiger partial charge on any atom is 0.310 e. The fourth-order valence-electron chi connectivity index (χ4n) is 3.07. The Kier molecular flexibility index (Phi) is 3.32. The van der Waals surface area contributed by atoms with Crippen molar-refractivity contribution in [2.24, 2.45) is 5.41 Å². The van der Waals surface area contributed by atoms with Crippen LogP contribution in [-0.4, -0.2) is 23.5 Å². The Hall–Kier alpha value is -1.36. The molecule has 0 aromatic heterocycles. The van der Waals surface area contributed by atoms with E-state index in [-0.39, 0.29) is 12.3 Å². The van der Waals surface area contributed by atoms with E-state index < -0.39 is 11.4 Å². The van der Waals surface area contributed by atoms with Crippen molar-refractivity contribution >= 4 is 33.5 Å². The van der Waals surface area contributed by atoms with Crippen molar-refractivity contribution < 1.29 is 14.7 Å². The highest BCUT2D eigenvalue weighted by molar-refractivity contribution is 9.10. The number of carboxylic acid groups (broad SMARTS) is 1. The first-order valence-electron chi connectivity index (χ1n) is 6.84. The molecule has 0 atom stereocenters. The van der Waals surface area contributed by atoms with Crippen molar-refractivity contribution in [1.82, 2.24) is 0 Å². The van der Waals surface area contributed by atoms with E-state index in [4.69, 9.17) is 0 Å². The first-order chi connectivity index (χ1) is 9.52. The van der Waals surface area contributed by atoms with Crippen LogP contribution in [-0.2, 0) is 16.0 Å². The summed E-state index contributed by atoms with van der Waals surface area (Å²) in [5, 5.41) is 9.34. The van der Waals surface area contributed by atoms with E-state index in [1.165, 1.54) is 0 Å². The van der Waals surface area contributed by atoms with Crippen LogP contribution >= 0.6 is 15.9 Å². The number of carbonyl (C=O) groups excluding carboxylic acids is 1. The second-order valence-electron chi connectivity index (χ2n) is 5.68. The van der Waals surface area contributed by atoms with Crippen molar-refractivity contribution in [3.63, 3.8) is 0 Å². The van der Waals surface area contributed by atoms with E-state index in [2.05, 4.69) is 15.9 Å². The molecule has 0 bridgehead atoms. The van der Waals surface area contributed by atoms with Gasteiger partial charge in [-0.2, -0.15) is 0 Å². The number of carbonyl (C=O) groups is 2. The van der Waals surface area contributed by atoms with Crippen LogP contribution < -0.4 is 4.90 Å². The average molecular weight is 338 g/mol. The zero-order valence-electron chi connectivity index (χ0n) is 11.1. The Balaban J connectivity index is 1.80. The summed E-state index contributed by atoms with van der Waals surface area (Å²) < 4.78 is 0.938. The van der Waals surface area contributed by atoms with Crippen LogP contribution in [0.1, 0.15) is 31.2 Å². The van der Waals surface area contributed by atoms with Crippen molar-refractivity contribution in [2.45, 2.75) is 32.1 Å². The van der Waals surface area contributed by atoms with E-state index >= 15 is 0 Å². The van der Waals surface area contributed by atoms with E-state index in [9.17, 15) is 14.7 Å². The summed E-state index contributed by atoms with van der Waals surface area (Å²) in [6.07, 6.45) is 3.10. The van der Waals surface area contributed by atoms with Crippen LogP contribution in [0, 0.1) is 5.41 Å². The molecule has 1 amide bonds. The molecule has 106 valence electrons. The largest absolute Gasteiger partial charge is 0.481 e. The molecule has 0 radical (unpaired) electrons. The highest BCUT2D eigenvalue weighted by Gasteiger charge is 2.47. The predicted molar refractivity (Wildman–Crippen MR) is 78.7 cm³/mol. The minimum Gasteiger partial charge on any atom is -0.481 e. The molecule has 1 aliphatic heterocycles. The van der Waals surface area contributed by atoms with Gasteiger partial charge in [0.05, 0.1) is 5.41 Å². The molecule has 5 heteroatoms. The van der Waals surface area contributed by atoms with Gasteiger partial charge in [-0.15, -0.1) is 0 Å². The average Bonchev–Trinajstić information content (AvgIpc) is 2.76. The summed E-state index contributed by atoms with van der Waals surface area (Å²) in [6.45, 7) is 0.653. The number of halogens is 1. The van der Waals surface area contributed by atoms with Gasteiger partial charge in [-0.3, -0.25) is 9.59 Å². The first-order valence-corrected chi connectivity index (χ1v) is 7.63. The van der Waals surface area contributed by atoms with Gasteiger partial charge in [-0.25, -0.2) is 0 Å². The molecule has 1 aliphatic carbocycles. The van der Waals surface area contributed by atoms with Gasteiger partial charge in [-0.1, -0.05) is 28.4 Å². The molecule has 1 N–H and O–H groups in total. The number of fused-ring (bicyclic) bond motifs is 1. The van der Waals surface area contributed by atoms with Crippen molar-refractivity contribution in [1.29, 1.82) is 0 Å². The molecule has 0 spiro atoms. The minimum absolute atomic E-state index is 0.0658. The van der Waals surface area contributed by atoms with Gasteiger partial charge in [0.15, 0.2) is 0 Å². The minimum atomic E-state index is -0.828. The summed E-state index contributed by atoms with van der Waals surface area (Å²) in [6, 6.07) is 5.93. The van der Waals surface area contributed by atoms with E-state index in [0.29, 0.717) is 19.4 Å². The summed E-state index contributed by atoms with van der Waals surface area (Å²) >= 11 is 3.42. The molecule has 1 aromatic carbocycles. The summed E-state index contributed by atoms with van der Waals surface area (Å²) in [4.78, 5) is 25.6. The SMILES string of the molecule is O=C(CC1(C(=O)O)CCC1)N1CCc2ccc(Br)cc21. The lowest BCUT2D eigenvalue weighted by molar-refractivity contribution is -0.157. The Morgan fingerprint density at radius 3 is 2.70 bits per heavy atom. The van der Waals surface area contributed by atoms with Gasteiger partial charge in [0.2, 0.25) is 5.91 Å². The molecular formula is C15H16BrNO3. The fraction of sp³-hybridized carbons (Fsp3) is 0.467. The fourth-order valence-corrected chi connectivity index (χ4v) is 3.42. The zero-order chi connectivity index (χ0) is 14.3. The van der Waals surface area contributed by atoms with Crippen LogP contribution in [0.2, 0.25) is 0 Å². The van der Waals surface area contributed by atoms with Crippen molar-refractivity contribution in [3.05, 3.63) is 28.2 Å². The Morgan fingerprint density at radius 1 is 1.35 bits per heavy atom. The molecule has 0 unspecified atom stereocenters. The molecular weight excluding hydrogens is 322 g/mol. The monoisotopic (exact) mass is 337 g/mol. The number of anilines is 1. The third-order valence-electron chi connectivity index (χ3n) is 4.50. The van der Waals surface area contributed by atoms with Gasteiger partial charge in [0.25, 0.3) is 0 Å². The molecule has 1 aromatic rings. The Morgan fingerprint density at radius 2 is 2.10 bits per heavy atom. The summed E-state index contributed by atoms with van der Waals surface area (Å²) in [7, 11) is 0. The van der Waals surface area contributed by atoms with Crippen LogP contribution in [0.5, 0.6) is 0 Å². The number of hydrogen-bond acceptors (Lipinski definition) is 2. The van der Waals surface area contributed by atoms with Gasteiger partial charge in [0.1, 0.15) is 0 Å². The zero-order valence-corrected chi connectivity index (χ0v) is 12.6. The standard InChI is InChI=1S/C15H16BrNO3/c16-11-3-2-10-4-7-17(12(10)8-11)13(18)9-15(14(19)20)5-1-6-15/h2-3,8H,1,4-7,9H2,(H,19,20). The predicted octanol–water partition coefficient (Wildman–Crippen LogP) is 2.98. The lowest BCUT2D eigenvalue weighted by atomic mass is 9.66. The number of nitrogens with zero attached hydrogens (tertiary/aromatic N) is 1. The van der Waals surface area contributed by atoms with Crippen molar-refractivity contribution in [3.8, 4) is 0 Å². The summed E-state index contributed by atoms with van der Waals surface area (Å²) in [5.41, 5.74) is 1.26. The quantitative estimate of drug-likeness (QED) is 0.922. The Labute approximate surface area is 125 Å². The number of hydrogen-bond donors (Lipinski definition) is 1. The van der Waals surface area contributed by atoms with E-state index in [0.717, 1.165) is 28.6 Å². The van der Waals surface area contributed by atoms with Gasteiger partial charge in [0, 0.05) is 23.1 Å². The molecule has 1 heterocycles. The van der Waals surface area contributed by atoms with Gasteiger partial charge in [-0.05, 0) is 37.0 Å². The van der Waals surface area contributed by atoms with E-state index in [1.54, 1.807) is 4.90 Å². The smallest absolute Gasteiger partial charge is 0.310 e. The number of carboxylic acids is 1. The van der Waals surface area contributed by atoms with E-state index in [1.807, 2.05) is 18.2 Å². The normalized spacial score (nSPS) is 19.4. The number of amides is 1. The maximum absolute atomic E-state index is 12.5. The Bertz CT molecular complexity index is 580. The molecule has 1 fully saturated rings. The first kappa shape index (κ1) is 13.6. The molecule has 20 heavy (non-hydrogen) atoms. The topological polar surface area (TPSA) is 57.6 Å². The maximum atomic E-state index is 12.5. The molecule has 3 rings (SSSR count). The van der Waals surface area contributed by atoms with Crippen LogP contribution in [0.4, 0.5) is 5.69 Å². The second-order valence-corrected chi connectivity index (χ2v) is 6.60. The van der Waals surface area contributed by atoms with Crippen LogP contribution in [0.3, 0.4) is 0 Å².